The van der Waals surface area contributed by atoms with Crippen molar-refractivity contribution in [1.29, 1.82) is 0 Å². The van der Waals surface area contributed by atoms with Gasteiger partial charge in [-0.1, -0.05) is 59.7 Å². The minimum Gasteiger partial charge on any atom is -0.444 e. The van der Waals surface area contributed by atoms with Gasteiger partial charge in [-0.15, -0.1) is 0 Å². The number of fused-ring (bicyclic) bond motifs is 2. The summed E-state index contributed by atoms with van der Waals surface area (Å²) >= 11 is 0. The van der Waals surface area contributed by atoms with Gasteiger partial charge in [0.25, 0.3) is 5.91 Å². The molecule has 3 N–H and O–H groups in total. The lowest BCUT2D eigenvalue weighted by atomic mass is 10.0. The molecule has 8 nitrogen and oxygen atoms in total. The summed E-state index contributed by atoms with van der Waals surface area (Å²) in [5, 5.41) is 31.3. The summed E-state index contributed by atoms with van der Waals surface area (Å²) in [5.74, 6) is -0.380. The molecular weight excluding hydrogens is 500 g/mol. The molecule has 0 saturated carbocycles. The van der Waals surface area contributed by atoms with Crippen molar-refractivity contribution in [2.45, 2.75) is 62.5 Å². The van der Waals surface area contributed by atoms with Gasteiger partial charge in [-0.25, -0.2) is 9.69 Å². The van der Waals surface area contributed by atoms with E-state index < -0.39 is 25.0 Å². The number of amides is 2. The van der Waals surface area contributed by atoms with Crippen LogP contribution in [0.4, 0.5) is 10.5 Å². The van der Waals surface area contributed by atoms with Crippen LogP contribution in [0.2, 0.25) is 0 Å². The Morgan fingerprint density at radius 2 is 1.83 bits per heavy atom. The molecule has 36 heavy (non-hydrogen) atoms. The van der Waals surface area contributed by atoms with E-state index >= 15 is 0 Å². The van der Waals surface area contributed by atoms with E-state index in [9.17, 15) is 24.9 Å². The lowest BCUT2D eigenvalue weighted by molar-refractivity contribution is 0.0485. The number of hydrogen-bond donors (Lipinski definition) is 3. The van der Waals surface area contributed by atoms with Gasteiger partial charge in [-0.3, -0.25) is 4.79 Å². The first kappa shape index (κ1) is 26.6. The lowest BCUT2D eigenvalue weighted by Gasteiger charge is -2.31. The zero-order valence-electron chi connectivity index (χ0n) is 20.2. The Morgan fingerprint density at radius 3 is 2.47 bits per heavy atom. The second kappa shape index (κ2) is 11.3. The van der Waals surface area contributed by atoms with Crippen LogP contribution < -0.4 is 4.90 Å². The lowest BCUT2D eigenvalue weighted by Crippen LogP contribution is -2.50. The fourth-order valence-corrected chi connectivity index (χ4v) is 6.14. The van der Waals surface area contributed by atoms with Crippen molar-refractivity contribution in [3.8, 4) is 0 Å². The fraction of sp³-hybridized carbons (Fsp3) is 0.385. The molecule has 0 aromatic heterocycles. The molecule has 2 aromatic rings. The van der Waals surface area contributed by atoms with Gasteiger partial charge in [0.05, 0.1) is 30.5 Å². The Morgan fingerprint density at radius 1 is 1.17 bits per heavy atom. The second-order valence-corrected chi connectivity index (χ2v) is 12.0. The van der Waals surface area contributed by atoms with Gasteiger partial charge in [0.2, 0.25) is 0 Å². The highest BCUT2D eigenvalue weighted by atomic mass is 33.1. The molecule has 2 aromatic carbocycles. The van der Waals surface area contributed by atoms with E-state index in [1.807, 2.05) is 24.3 Å². The van der Waals surface area contributed by atoms with Gasteiger partial charge in [0.15, 0.2) is 6.23 Å². The summed E-state index contributed by atoms with van der Waals surface area (Å²) in [6.45, 7) is 7.67. The minimum absolute atomic E-state index is 0.0176. The van der Waals surface area contributed by atoms with Crippen LogP contribution in [-0.2, 0) is 24.6 Å². The fourth-order valence-electron chi connectivity index (χ4n) is 4.34. The van der Waals surface area contributed by atoms with E-state index in [4.69, 9.17) is 4.74 Å². The summed E-state index contributed by atoms with van der Waals surface area (Å²) in [7, 11) is 3.44. The average Bonchev–Trinajstić information content (AvgIpc) is 3.24. The third-order valence-electron chi connectivity index (χ3n) is 6.13. The maximum absolute atomic E-state index is 13.4. The Hall–Kier alpha value is -2.50. The monoisotopic (exact) mass is 530 g/mol. The first-order chi connectivity index (χ1) is 17.2. The summed E-state index contributed by atoms with van der Waals surface area (Å²) in [6.07, 6.45) is -1.84. The number of ether oxygens (including phenoxy) is 1. The molecule has 0 radical (unpaired) electrons. The van der Waals surface area contributed by atoms with Gasteiger partial charge >= 0.3 is 6.09 Å². The van der Waals surface area contributed by atoms with Crippen LogP contribution in [-0.4, -0.2) is 56.3 Å². The number of benzene rings is 2. The van der Waals surface area contributed by atoms with E-state index in [0.29, 0.717) is 22.8 Å². The molecule has 4 rings (SSSR count). The molecule has 2 atom stereocenters. The number of aliphatic hydroxyl groups is 3. The van der Waals surface area contributed by atoms with Gasteiger partial charge < -0.3 is 25.0 Å². The SMILES string of the molecule is C=C1C[C@H]2C(O)N(C(=O)OCc3ccc(SSC(C)C)cc3)c3cc(CO)c(CO)cc3C(=O)N2C1. The van der Waals surface area contributed by atoms with Crippen molar-refractivity contribution in [1.82, 2.24) is 4.90 Å². The summed E-state index contributed by atoms with van der Waals surface area (Å²) in [5.41, 5.74) is 2.56. The quantitative estimate of drug-likeness (QED) is 0.363. The molecule has 0 aliphatic carbocycles. The first-order valence-electron chi connectivity index (χ1n) is 11.6. The third kappa shape index (κ3) is 5.42. The summed E-state index contributed by atoms with van der Waals surface area (Å²) in [4.78, 5) is 30.4. The molecule has 10 heteroatoms. The Balaban J connectivity index is 1.61. The zero-order valence-corrected chi connectivity index (χ0v) is 21.8. The van der Waals surface area contributed by atoms with Crippen LogP contribution >= 0.6 is 21.6 Å². The maximum Gasteiger partial charge on any atom is 0.416 e. The first-order valence-corrected chi connectivity index (χ1v) is 13.9. The molecule has 2 aliphatic heterocycles. The Bertz CT molecular complexity index is 1150. The normalized spacial score (nSPS) is 19.4. The molecule has 2 amide bonds. The molecular formula is C26H30N2O6S2. The van der Waals surface area contributed by atoms with Crippen LogP contribution in [0.5, 0.6) is 0 Å². The number of rotatable bonds is 7. The average molecular weight is 531 g/mol. The van der Waals surface area contributed by atoms with Gasteiger partial charge in [-0.2, -0.15) is 0 Å². The third-order valence-corrected chi connectivity index (χ3v) is 9.10. The molecule has 1 unspecified atom stereocenters. The van der Waals surface area contributed by atoms with Crippen LogP contribution in [0.3, 0.4) is 0 Å². The Labute approximate surface area is 218 Å². The van der Waals surface area contributed by atoms with Crippen LogP contribution in [0.1, 0.15) is 47.3 Å². The second-order valence-electron chi connectivity index (χ2n) is 9.12. The molecule has 0 bridgehead atoms. The van der Waals surface area contributed by atoms with Crippen molar-refractivity contribution in [2.24, 2.45) is 0 Å². The molecule has 2 aliphatic rings. The number of hydrogen-bond acceptors (Lipinski definition) is 8. The van der Waals surface area contributed by atoms with E-state index in [1.165, 1.54) is 17.0 Å². The molecule has 0 spiro atoms. The predicted octanol–water partition coefficient (Wildman–Crippen LogP) is 4.07. The van der Waals surface area contributed by atoms with E-state index in [-0.39, 0.29) is 36.9 Å². The van der Waals surface area contributed by atoms with Crippen molar-refractivity contribution in [2.75, 3.05) is 11.4 Å². The van der Waals surface area contributed by atoms with Crippen LogP contribution in [0.15, 0.2) is 53.4 Å². The van der Waals surface area contributed by atoms with Crippen molar-refractivity contribution >= 4 is 39.3 Å². The highest BCUT2D eigenvalue weighted by molar-refractivity contribution is 8.76. The van der Waals surface area contributed by atoms with Gasteiger partial charge in [-0.05, 0) is 47.4 Å². The van der Waals surface area contributed by atoms with E-state index in [2.05, 4.69) is 20.4 Å². The number of nitrogens with zero attached hydrogens (tertiary/aromatic N) is 2. The highest BCUT2D eigenvalue weighted by Crippen LogP contribution is 2.38. The van der Waals surface area contributed by atoms with E-state index in [1.54, 1.807) is 21.6 Å². The van der Waals surface area contributed by atoms with Gasteiger partial charge in [0.1, 0.15) is 6.61 Å². The summed E-state index contributed by atoms with van der Waals surface area (Å²) in [6, 6.07) is 9.92. The van der Waals surface area contributed by atoms with E-state index in [0.717, 1.165) is 20.9 Å². The number of aliphatic hydroxyl groups excluding tert-OH is 3. The maximum atomic E-state index is 13.4. The predicted molar refractivity (Wildman–Crippen MR) is 141 cm³/mol. The van der Waals surface area contributed by atoms with Crippen molar-refractivity contribution in [3.63, 3.8) is 0 Å². The minimum atomic E-state index is -1.37. The largest absolute Gasteiger partial charge is 0.444 e. The molecule has 1 saturated heterocycles. The van der Waals surface area contributed by atoms with Crippen LogP contribution in [0, 0.1) is 0 Å². The molecule has 2 heterocycles. The standard InChI is InChI=1S/C26H30N2O6S2/c1-15(2)35-36-20-6-4-17(5-7-20)14-34-26(33)28-22-10-19(13-30)18(12-29)9-21(22)24(31)27-11-16(3)8-23(27)25(28)32/h4-7,9-10,15,23,25,29-30,32H,3,8,11-14H2,1-2H3/t23-,25?/m0/s1. The van der Waals surface area contributed by atoms with Crippen molar-refractivity contribution < 1.29 is 29.6 Å². The smallest absolute Gasteiger partial charge is 0.416 e. The zero-order chi connectivity index (χ0) is 26.0. The molecule has 1 fully saturated rings. The van der Waals surface area contributed by atoms with Gasteiger partial charge in [0, 0.05) is 16.7 Å². The number of carbonyl (C=O) groups excluding carboxylic acids is 2. The highest BCUT2D eigenvalue weighted by Gasteiger charge is 2.46. The van der Waals surface area contributed by atoms with Crippen LogP contribution in [0.25, 0.3) is 0 Å². The number of anilines is 1. The van der Waals surface area contributed by atoms with Crippen molar-refractivity contribution in [3.05, 3.63) is 70.8 Å². The topological polar surface area (TPSA) is 111 Å². The number of carbonyl (C=O) groups is 2. The Kier molecular flexibility index (Phi) is 8.31. The summed E-state index contributed by atoms with van der Waals surface area (Å²) < 4.78 is 5.58. The molecule has 192 valence electrons.